The van der Waals surface area contributed by atoms with Gasteiger partial charge in [0.15, 0.2) is 0 Å². The lowest BCUT2D eigenvalue weighted by molar-refractivity contribution is -0.133. The van der Waals surface area contributed by atoms with E-state index >= 15 is 0 Å². The van der Waals surface area contributed by atoms with Gasteiger partial charge in [-0.05, 0) is 37.5 Å². The Hall–Kier alpha value is -1.15. The molecule has 1 aromatic rings. The molecule has 0 saturated carbocycles. The first-order valence-electron chi connectivity index (χ1n) is 8.62. The van der Waals surface area contributed by atoms with Gasteiger partial charge in [0.05, 0.1) is 11.0 Å². The monoisotopic (exact) mass is 386 g/mol. The average molecular weight is 387 g/mol. The zero-order chi connectivity index (χ0) is 17.9. The van der Waals surface area contributed by atoms with Gasteiger partial charge >= 0.3 is 0 Å². The minimum absolute atomic E-state index is 0.0790. The molecule has 0 aliphatic carbocycles. The zero-order valence-corrected chi connectivity index (χ0v) is 15.6. The van der Waals surface area contributed by atoms with Crippen LogP contribution < -0.4 is 0 Å². The molecule has 0 aromatic heterocycles. The van der Waals surface area contributed by atoms with Gasteiger partial charge in [-0.25, -0.2) is 8.42 Å². The van der Waals surface area contributed by atoms with Crippen molar-refractivity contribution < 1.29 is 17.9 Å². The van der Waals surface area contributed by atoms with E-state index in [0.717, 1.165) is 25.9 Å². The van der Waals surface area contributed by atoms with Gasteiger partial charge in [0.1, 0.15) is 0 Å². The predicted molar refractivity (Wildman–Crippen MR) is 95.0 cm³/mol. The second kappa shape index (κ2) is 8.03. The summed E-state index contributed by atoms with van der Waals surface area (Å²) in [6.45, 7) is 2.24. The normalized spacial score (nSPS) is 22.3. The number of amides is 1. The minimum atomic E-state index is -3.57. The van der Waals surface area contributed by atoms with E-state index in [4.69, 9.17) is 16.3 Å². The standard InChI is InChI=1S/C17H23ClN2O4S/c18-14-3-1-5-16(13-14)25(22,23)20-10-8-19(9-11-20)17(21)7-6-15-4-2-12-24-15/h1,3,5,13,15H,2,4,6-12H2/t15-/m0/s1. The summed E-state index contributed by atoms with van der Waals surface area (Å²) < 4.78 is 32.3. The third kappa shape index (κ3) is 4.53. The Morgan fingerprint density at radius 2 is 2.00 bits per heavy atom. The Balaban J connectivity index is 1.53. The van der Waals surface area contributed by atoms with Crippen LogP contribution in [0.2, 0.25) is 5.02 Å². The van der Waals surface area contributed by atoms with Crippen molar-refractivity contribution in [2.24, 2.45) is 0 Å². The van der Waals surface area contributed by atoms with Crippen LogP contribution in [0.5, 0.6) is 0 Å². The number of rotatable bonds is 5. The van der Waals surface area contributed by atoms with Crippen LogP contribution in [0.3, 0.4) is 0 Å². The van der Waals surface area contributed by atoms with Crippen LogP contribution >= 0.6 is 11.6 Å². The maximum atomic E-state index is 12.7. The average Bonchev–Trinajstić information content (AvgIpc) is 3.13. The van der Waals surface area contributed by atoms with E-state index in [-0.39, 0.29) is 16.9 Å². The van der Waals surface area contributed by atoms with Crippen LogP contribution in [0.15, 0.2) is 29.2 Å². The molecule has 25 heavy (non-hydrogen) atoms. The summed E-state index contributed by atoms with van der Waals surface area (Å²) in [4.78, 5) is 14.3. The molecule has 2 aliphatic heterocycles. The maximum Gasteiger partial charge on any atom is 0.243 e. The highest BCUT2D eigenvalue weighted by Crippen LogP contribution is 2.22. The Morgan fingerprint density at radius 3 is 2.64 bits per heavy atom. The van der Waals surface area contributed by atoms with Crippen molar-refractivity contribution in [2.45, 2.75) is 36.7 Å². The van der Waals surface area contributed by atoms with Crippen LogP contribution in [-0.4, -0.2) is 62.4 Å². The lowest BCUT2D eigenvalue weighted by atomic mass is 10.1. The van der Waals surface area contributed by atoms with Crippen molar-refractivity contribution in [3.8, 4) is 0 Å². The molecule has 0 N–H and O–H groups in total. The number of halogens is 1. The van der Waals surface area contributed by atoms with Crippen molar-refractivity contribution >= 4 is 27.5 Å². The molecule has 6 nitrogen and oxygen atoms in total. The maximum absolute atomic E-state index is 12.7. The van der Waals surface area contributed by atoms with Crippen LogP contribution in [-0.2, 0) is 19.6 Å². The first kappa shape index (κ1) is 18.6. The summed E-state index contributed by atoms with van der Waals surface area (Å²) in [6, 6.07) is 6.27. The number of piperazine rings is 1. The summed E-state index contributed by atoms with van der Waals surface area (Å²) in [7, 11) is -3.57. The molecule has 2 aliphatic rings. The van der Waals surface area contributed by atoms with Gasteiger partial charge in [0.2, 0.25) is 15.9 Å². The fourth-order valence-electron chi connectivity index (χ4n) is 3.27. The smallest absolute Gasteiger partial charge is 0.243 e. The van der Waals surface area contributed by atoms with E-state index in [9.17, 15) is 13.2 Å². The second-order valence-electron chi connectivity index (χ2n) is 6.42. The minimum Gasteiger partial charge on any atom is -0.378 e. The molecule has 0 radical (unpaired) electrons. The van der Waals surface area contributed by atoms with Crippen LogP contribution in [0.25, 0.3) is 0 Å². The first-order chi connectivity index (χ1) is 12.0. The zero-order valence-electron chi connectivity index (χ0n) is 14.1. The second-order valence-corrected chi connectivity index (χ2v) is 8.79. The molecule has 2 saturated heterocycles. The number of sulfonamides is 1. The van der Waals surface area contributed by atoms with Crippen molar-refractivity contribution in [1.29, 1.82) is 0 Å². The Bertz CT molecular complexity index is 711. The van der Waals surface area contributed by atoms with Crippen molar-refractivity contribution in [3.63, 3.8) is 0 Å². The summed E-state index contributed by atoms with van der Waals surface area (Å²) in [5, 5.41) is 0.393. The lowest BCUT2D eigenvalue weighted by Gasteiger charge is -2.34. The van der Waals surface area contributed by atoms with Crippen LogP contribution in [0, 0.1) is 0 Å². The number of benzene rings is 1. The number of ether oxygens (including phenoxy) is 1. The Morgan fingerprint density at radius 1 is 1.24 bits per heavy atom. The molecule has 1 amide bonds. The largest absolute Gasteiger partial charge is 0.378 e. The van der Waals surface area contributed by atoms with Crippen molar-refractivity contribution in [1.82, 2.24) is 9.21 Å². The molecule has 2 fully saturated rings. The number of carbonyl (C=O) groups is 1. The van der Waals surface area contributed by atoms with Gasteiger partial charge in [-0.3, -0.25) is 4.79 Å². The van der Waals surface area contributed by atoms with E-state index in [0.29, 0.717) is 37.6 Å². The van der Waals surface area contributed by atoms with Gasteiger partial charge in [0, 0.05) is 44.2 Å². The van der Waals surface area contributed by atoms with E-state index in [2.05, 4.69) is 0 Å². The van der Waals surface area contributed by atoms with E-state index in [1.807, 2.05) is 0 Å². The molecule has 1 aromatic carbocycles. The first-order valence-corrected chi connectivity index (χ1v) is 10.4. The molecular formula is C17H23ClN2O4S. The Labute approximate surface area is 153 Å². The van der Waals surface area contributed by atoms with Gasteiger partial charge < -0.3 is 9.64 Å². The number of hydrogen-bond acceptors (Lipinski definition) is 4. The number of nitrogens with zero attached hydrogens (tertiary/aromatic N) is 2. The van der Waals surface area contributed by atoms with Gasteiger partial charge in [-0.15, -0.1) is 0 Å². The fraction of sp³-hybridized carbons (Fsp3) is 0.588. The van der Waals surface area contributed by atoms with Crippen LogP contribution in [0.1, 0.15) is 25.7 Å². The van der Waals surface area contributed by atoms with Gasteiger partial charge in [-0.1, -0.05) is 17.7 Å². The summed E-state index contributed by atoms with van der Waals surface area (Å²) in [6.07, 6.45) is 3.51. The van der Waals surface area contributed by atoms with Crippen LogP contribution in [0.4, 0.5) is 0 Å². The molecule has 0 unspecified atom stereocenters. The Kier molecular flexibility index (Phi) is 5.99. The third-order valence-corrected chi connectivity index (χ3v) is 6.86. The quantitative estimate of drug-likeness (QED) is 0.777. The molecular weight excluding hydrogens is 364 g/mol. The van der Waals surface area contributed by atoms with Crippen molar-refractivity contribution in [3.05, 3.63) is 29.3 Å². The number of hydrogen-bond donors (Lipinski definition) is 0. The highest BCUT2D eigenvalue weighted by Gasteiger charge is 2.30. The van der Waals surface area contributed by atoms with E-state index < -0.39 is 10.0 Å². The molecule has 138 valence electrons. The number of carbonyl (C=O) groups excluding carboxylic acids is 1. The molecule has 0 spiro atoms. The lowest BCUT2D eigenvalue weighted by Crippen LogP contribution is -2.50. The van der Waals surface area contributed by atoms with Gasteiger partial charge in [-0.2, -0.15) is 4.31 Å². The highest BCUT2D eigenvalue weighted by molar-refractivity contribution is 7.89. The highest BCUT2D eigenvalue weighted by atomic mass is 35.5. The fourth-order valence-corrected chi connectivity index (χ4v) is 4.99. The molecule has 0 bridgehead atoms. The predicted octanol–water partition coefficient (Wildman–Crippen LogP) is 2.13. The molecule has 2 heterocycles. The molecule has 1 atom stereocenters. The summed E-state index contributed by atoms with van der Waals surface area (Å²) in [5.74, 6) is 0.0790. The molecule has 3 rings (SSSR count). The summed E-state index contributed by atoms with van der Waals surface area (Å²) >= 11 is 5.90. The van der Waals surface area contributed by atoms with Crippen molar-refractivity contribution in [2.75, 3.05) is 32.8 Å². The van der Waals surface area contributed by atoms with E-state index in [1.165, 1.54) is 10.4 Å². The summed E-state index contributed by atoms with van der Waals surface area (Å²) in [5.41, 5.74) is 0. The SMILES string of the molecule is O=C(CC[C@@H]1CCCO1)N1CCN(S(=O)(=O)c2cccc(Cl)c2)CC1. The van der Waals surface area contributed by atoms with Gasteiger partial charge in [0.25, 0.3) is 0 Å². The van der Waals surface area contributed by atoms with E-state index in [1.54, 1.807) is 23.1 Å². The molecule has 8 heteroatoms. The third-order valence-electron chi connectivity index (χ3n) is 4.73. The topological polar surface area (TPSA) is 66.9 Å².